The van der Waals surface area contributed by atoms with E-state index in [1.54, 1.807) is 17.5 Å². The molecule has 1 aliphatic carbocycles. The maximum absolute atomic E-state index is 12.3. The SMILES string of the molecule is O=C(NCC1Cc2ccccc21)c1csc(-c2ccc([N+](=O)[O-])cc2)n1. The van der Waals surface area contributed by atoms with E-state index in [1.807, 2.05) is 12.1 Å². The van der Waals surface area contributed by atoms with E-state index in [9.17, 15) is 14.9 Å². The number of nitro benzene ring substituents is 1. The van der Waals surface area contributed by atoms with Crippen molar-refractivity contribution in [3.8, 4) is 10.6 Å². The summed E-state index contributed by atoms with van der Waals surface area (Å²) < 4.78 is 0. The molecule has 0 saturated carbocycles. The van der Waals surface area contributed by atoms with Crippen molar-refractivity contribution in [3.63, 3.8) is 0 Å². The first-order chi connectivity index (χ1) is 12.6. The van der Waals surface area contributed by atoms with Crippen LogP contribution in [0.2, 0.25) is 0 Å². The molecule has 0 fully saturated rings. The number of thiazole rings is 1. The third-order valence-electron chi connectivity index (χ3n) is 4.53. The molecule has 1 aromatic heterocycles. The van der Waals surface area contributed by atoms with Crippen molar-refractivity contribution in [2.75, 3.05) is 6.54 Å². The number of rotatable bonds is 5. The predicted octanol–water partition coefficient (Wildman–Crippen LogP) is 3.79. The van der Waals surface area contributed by atoms with Gasteiger partial charge in [-0.25, -0.2) is 4.98 Å². The van der Waals surface area contributed by atoms with Crippen molar-refractivity contribution >= 4 is 22.9 Å². The Bertz CT molecular complexity index is 982. The zero-order valence-electron chi connectivity index (χ0n) is 13.7. The third kappa shape index (κ3) is 3.09. The zero-order valence-corrected chi connectivity index (χ0v) is 14.5. The van der Waals surface area contributed by atoms with E-state index in [2.05, 4.69) is 22.4 Å². The maximum Gasteiger partial charge on any atom is 0.270 e. The summed E-state index contributed by atoms with van der Waals surface area (Å²) in [5, 5.41) is 16.0. The molecule has 0 aliphatic heterocycles. The molecule has 0 saturated heterocycles. The number of hydrogen-bond acceptors (Lipinski definition) is 5. The molecule has 26 heavy (non-hydrogen) atoms. The lowest BCUT2D eigenvalue weighted by Crippen LogP contribution is -2.33. The average molecular weight is 365 g/mol. The van der Waals surface area contributed by atoms with Crippen molar-refractivity contribution in [1.82, 2.24) is 10.3 Å². The van der Waals surface area contributed by atoms with Gasteiger partial charge in [0.25, 0.3) is 11.6 Å². The Hall–Kier alpha value is -3.06. The lowest BCUT2D eigenvalue weighted by atomic mass is 9.77. The van der Waals surface area contributed by atoms with Crippen LogP contribution in [0.3, 0.4) is 0 Å². The van der Waals surface area contributed by atoms with Gasteiger partial charge in [0.1, 0.15) is 10.7 Å². The van der Waals surface area contributed by atoms with Gasteiger partial charge in [-0.05, 0) is 29.7 Å². The summed E-state index contributed by atoms with van der Waals surface area (Å²) in [5.74, 6) is 0.168. The van der Waals surface area contributed by atoms with Crippen LogP contribution in [-0.2, 0) is 6.42 Å². The molecule has 130 valence electrons. The normalized spacial score (nSPS) is 15.0. The summed E-state index contributed by atoms with van der Waals surface area (Å²) in [5.41, 5.74) is 3.81. The molecular formula is C19H15N3O3S. The summed E-state index contributed by atoms with van der Waals surface area (Å²) in [6.45, 7) is 0.597. The molecule has 1 aliphatic rings. The number of aromatic nitrogens is 1. The fraction of sp³-hybridized carbons (Fsp3) is 0.158. The Balaban J connectivity index is 1.40. The molecule has 1 amide bonds. The van der Waals surface area contributed by atoms with Crippen molar-refractivity contribution in [2.45, 2.75) is 12.3 Å². The smallest absolute Gasteiger partial charge is 0.270 e. The molecule has 0 radical (unpaired) electrons. The molecule has 1 atom stereocenters. The quantitative estimate of drug-likeness (QED) is 0.551. The van der Waals surface area contributed by atoms with E-state index in [1.165, 1.54) is 34.6 Å². The number of fused-ring (bicyclic) bond motifs is 1. The average Bonchev–Trinajstić information content (AvgIpc) is 3.12. The highest BCUT2D eigenvalue weighted by Gasteiger charge is 2.26. The molecule has 4 rings (SSSR count). The highest BCUT2D eigenvalue weighted by atomic mass is 32.1. The van der Waals surface area contributed by atoms with Crippen LogP contribution >= 0.6 is 11.3 Å². The highest BCUT2D eigenvalue weighted by Crippen LogP contribution is 2.34. The lowest BCUT2D eigenvalue weighted by Gasteiger charge is -2.30. The summed E-state index contributed by atoms with van der Waals surface area (Å²) in [6, 6.07) is 14.4. The van der Waals surface area contributed by atoms with Crippen molar-refractivity contribution in [1.29, 1.82) is 0 Å². The number of hydrogen-bond donors (Lipinski definition) is 1. The second-order valence-electron chi connectivity index (χ2n) is 6.15. The van der Waals surface area contributed by atoms with Crippen LogP contribution in [0, 0.1) is 10.1 Å². The molecular weight excluding hydrogens is 350 g/mol. The van der Waals surface area contributed by atoms with Crippen LogP contribution in [-0.4, -0.2) is 22.4 Å². The Kier molecular flexibility index (Phi) is 4.22. The topological polar surface area (TPSA) is 85.1 Å². The number of nitro groups is 1. The van der Waals surface area contributed by atoms with Gasteiger partial charge in [-0.2, -0.15) is 0 Å². The van der Waals surface area contributed by atoms with Crippen LogP contribution in [0.5, 0.6) is 0 Å². The fourth-order valence-corrected chi connectivity index (χ4v) is 3.89. The maximum atomic E-state index is 12.3. The minimum absolute atomic E-state index is 0.0315. The van der Waals surface area contributed by atoms with Crippen LogP contribution in [0.25, 0.3) is 10.6 Å². The minimum Gasteiger partial charge on any atom is -0.350 e. The first-order valence-electron chi connectivity index (χ1n) is 8.18. The number of non-ortho nitro benzene ring substituents is 1. The van der Waals surface area contributed by atoms with Gasteiger partial charge in [-0.1, -0.05) is 24.3 Å². The van der Waals surface area contributed by atoms with Gasteiger partial charge in [0.2, 0.25) is 0 Å². The number of nitrogens with zero attached hydrogens (tertiary/aromatic N) is 2. The monoisotopic (exact) mass is 365 g/mol. The second-order valence-corrected chi connectivity index (χ2v) is 7.01. The van der Waals surface area contributed by atoms with Gasteiger partial charge in [0, 0.05) is 35.5 Å². The first-order valence-corrected chi connectivity index (χ1v) is 9.06. The van der Waals surface area contributed by atoms with Gasteiger partial charge in [0.05, 0.1) is 4.92 Å². The summed E-state index contributed by atoms with van der Waals surface area (Å²) in [4.78, 5) is 27.0. The van der Waals surface area contributed by atoms with Gasteiger partial charge in [-0.3, -0.25) is 14.9 Å². The van der Waals surface area contributed by atoms with Gasteiger partial charge < -0.3 is 5.32 Å². The van der Waals surface area contributed by atoms with Gasteiger partial charge in [0.15, 0.2) is 0 Å². The molecule has 0 spiro atoms. The molecule has 7 heteroatoms. The van der Waals surface area contributed by atoms with E-state index < -0.39 is 4.92 Å². The molecule has 1 N–H and O–H groups in total. The van der Waals surface area contributed by atoms with Crippen LogP contribution in [0.1, 0.15) is 27.5 Å². The van der Waals surface area contributed by atoms with Crippen LogP contribution in [0.15, 0.2) is 53.9 Å². The molecule has 3 aromatic rings. The molecule has 6 nitrogen and oxygen atoms in total. The standard InChI is InChI=1S/C19H15N3O3S/c23-18(20-10-14-9-13-3-1-2-4-16(13)14)17-11-26-19(21-17)12-5-7-15(8-6-12)22(24)25/h1-8,11,14H,9-10H2,(H,20,23). The van der Waals surface area contributed by atoms with Crippen LogP contribution < -0.4 is 5.32 Å². The Morgan fingerprint density at radius 2 is 2.00 bits per heavy atom. The van der Waals surface area contributed by atoms with Gasteiger partial charge in [-0.15, -0.1) is 11.3 Å². The summed E-state index contributed by atoms with van der Waals surface area (Å²) in [6.07, 6.45) is 0.988. The first kappa shape index (κ1) is 16.4. The molecule has 1 unspecified atom stereocenters. The molecule has 0 bridgehead atoms. The second kappa shape index (κ2) is 6.68. The third-order valence-corrected chi connectivity index (χ3v) is 5.42. The molecule has 1 heterocycles. The highest BCUT2D eigenvalue weighted by molar-refractivity contribution is 7.13. The van der Waals surface area contributed by atoms with Crippen molar-refractivity contribution in [3.05, 3.63) is 80.8 Å². The number of carbonyl (C=O) groups excluding carboxylic acids is 1. The molecule has 2 aromatic carbocycles. The Labute approximate surface area is 153 Å². The van der Waals surface area contributed by atoms with E-state index in [0.717, 1.165) is 12.0 Å². The summed E-state index contributed by atoms with van der Waals surface area (Å²) in [7, 11) is 0. The van der Waals surface area contributed by atoms with Gasteiger partial charge >= 0.3 is 0 Å². The lowest BCUT2D eigenvalue weighted by molar-refractivity contribution is -0.384. The van der Waals surface area contributed by atoms with Crippen LogP contribution in [0.4, 0.5) is 5.69 Å². The van der Waals surface area contributed by atoms with Crippen molar-refractivity contribution in [2.24, 2.45) is 0 Å². The Morgan fingerprint density at radius 1 is 1.23 bits per heavy atom. The van der Waals surface area contributed by atoms with Crippen molar-refractivity contribution < 1.29 is 9.72 Å². The zero-order chi connectivity index (χ0) is 18.1. The van der Waals surface area contributed by atoms with E-state index in [0.29, 0.717) is 23.2 Å². The number of carbonyl (C=O) groups is 1. The number of benzene rings is 2. The fourth-order valence-electron chi connectivity index (χ4n) is 3.09. The van der Waals surface area contributed by atoms with E-state index in [-0.39, 0.29) is 11.6 Å². The van der Waals surface area contributed by atoms with E-state index in [4.69, 9.17) is 0 Å². The Morgan fingerprint density at radius 3 is 2.73 bits per heavy atom. The predicted molar refractivity (Wildman–Crippen MR) is 99.4 cm³/mol. The number of amides is 1. The minimum atomic E-state index is -0.441. The summed E-state index contributed by atoms with van der Waals surface area (Å²) >= 11 is 1.35. The number of nitrogens with one attached hydrogen (secondary N) is 1. The van der Waals surface area contributed by atoms with E-state index >= 15 is 0 Å². The largest absolute Gasteiger partial charge is 0.350 e.